The topological polar surface area (TPSA) is 181 Å². The van der Waals surface area contributed by atoms with Crippen LogP contribution in [0.5, 0.6) is 0 Å². The third kappa shape index (κ3) is 23.2. The van der Waals surface area contributed by atoms with E-state index in [0.717, 1.165) is 76.2 Å². The van der Waals surface area contributed by atoms with Crippen molar-refractivity contribution in [2.45, 2.75) is 307 Å². The number of allylic oxidation sites excluding steroid dienone is 2. The number of hydrogen-bond donors (Lipinski definition) is 4. The quantitative estimate of drug-likeness (QED) is 0.158. The Morgan fingerprint density at radius 3 is 1.33 bits per heavy atom. The molecule has 0 radical (unpaired) electrons. The Balaban J connectivity index is 0.000000184. The molecule has 4 N–H and O–H groups in total. The zero-order chi connectivity index (χ0) is 74.9. The molecule has 7 saturated carbocycles. The summed E-state index contributed by atoms with van der Waals surface area (Å²) in [6.45, 7) is 18.0. The van der Waals surface area contributed by atoms with Crippen molar-refractivity contribution in [2.24, 2.45) is 50.7 Å². The van der Waals surface area contributed by atoms with Gasteiger partial charge in [0.05, 0.1) is 39.4 Å². The molecular formula is C74H111F12N5O9S. The molecule has 2 aliphatic heterocycles. The Morgan fingerprint density at radius 1 is 0.525 bits per heavy atom. The number of benzene rings is 1. The van der Waals surface area contributed by atoms with Crippen molar-refractivity contribution in [3.63, 3.8) is 0 Å². The summed E-state index contributed by atoms with van der Waals surface area (Å²) in [7, 11) is -1.46. The minimum Gasteiger partial charge on any atom is -0.445 e. The van der Waals surface area contributed by atoms with Crippen molar-refractivity contribution in [1.82, 2.24) is 25.6 Å². The maximum atomic E-state index is 13.5. The van der Waals surface area contributed by atoms with E-state index in [-0.39, 0.29) is 69.2 Å². The van der Waals surface area contributed by atoms with Gasteiger partial charge in [-0.25, -0.2) is 23.3 Å². The number of alkyl halides is 12. The van der Waals surface area contributed by atoms with Crippen LogP contribution in [0.3, 0.4) is 0 Å². The average molecular weight is 1470 g/mol. The number of carbonyl (C=O) groups is 5. The molecule has 0 bridgehead atoms. The van der Waals surface area contributed by atoms with Crippen LogP contribution in [0.1, 0.15) is 248 Å². The van der Waals surface area contributed by atoms with Crippen LogP contribution in [0.4, 0.5) is 67.1 Å². The monoisotopic (exact) mass is 1470 g/mol. The maximum absolute atomic E-state index is 13.5. The number of hydrogen-bond acceptors (Lipinski definition) is 10. The van der Waals surface area contributed by atoms with Crippen molar-refractivity contribution >= 4 is 40.8 Å². The molecule has 0 aromatic heterocycles. The van der Waals surface area contributed by atoms with E-state index >= 15 is 0 Å². The molecule has 5 spiro atoms. The van der Waals surface area contributed by atoms with Gasteiger partial charge < -0.3 is 35.1 Å². The van der Waals surface area contributed by atoms with Crippen molar-refractivity contribution in [2.75, 3.05) is 26.2 Å². The number of amides is 3. The molecule has 9 fully saturated rings. The first-order chi connectivity index (χ1) is 46.7. The van der Waals surface area contributed by atoms with Gasteiger partial charge >= 0.3 is 43.0 Å². The van der Waals surface area contributed by atoms with Crippen LogP contribution >= 0.6 is 0 Å². The fourth-order valence-corrected chi connectivity index (χ4v) is 18.4. The van der Waals surface area contributed by atoms with E-state index < -0.39 is 133 Å². The molecule has 10 aliphatic rings. The summed E-state index contributed by atoms with van der Waals surface area (Å²) in [6, 6.07) is 7.91. The molecule has 2 unspecified atom stereocenters. The van der Waals surface area contributed by atoms with E-state index in [9.17, 15) is 80.9 Å². The zero-order valence-corrected chi connectivity index (χ0v) is 61.3. The fraction of sp³-hybridized carbons (Fsp3) is 0.824. The summed E-state index contributed by atoms with van der Waals surface area (Å²) in [5, 5.41) is 8.62. The van der Waals surface area contributed by atoms with Gasteiger partial charge in [0.25, 0.3) is 0 Å². The van der Waals surface area contributed by atoms with Crippen molar-refractivity contribution in [1.29, 1.82) is 0 Å². The van der Waals surface area contributed by atoms with Gasteiger partial charge in [0.2, 0.25) is 0 Å². The summed E-state index contributed by atoms with van der Waals surface area (Å²) in [5.74, 6) is -5.18. The van der Waals surface area contributed by atoms with E-state index in [1.165, 1.54) is 19.3 Å². The van der Waals surface area contributed by atoms with Crippen LogP contribution in [0.2, 0.25) is 0 Å². The lowest BCUT2D eigenvalue weighted by molar-refractivity contribution is -0.175. The standard InChI is InChI=1S/C22H31F3N2O3S.C16H26F3NO2.C15H25F3N2O2.C11H15F3O.C10H14O/c1-20(2,3)31(29)26-18-13-17(22(23,24)25)14-21(18)9-11-27(12-10-21)19(28)30-15-16-7-5-4-6-8-16;1-14(2,3)22-13(21)20-12-9-11(16(17,18)19)10-15(12)7-5-4-6-8-15;1-13(2,3)22-12(21)20-11-8-10(15(16,17)18)9-14(11)4-6-19-7-5-14;12-11(13,14)8-6-9(15)10(7-8)4-2-1-3-5-10;11-9-5-4-8-10(9)6-2-1-3-7-10/h4-8,17-18,26H,9-15H2,1-3H3;11-12H,4-10H2,1-3H3,(H,20,21);10-11,19H,4-9H2,1-3H3,(H,20,21);8H,1-7H2;4-5H,1-3,6-8H2/t17?,18-,31-;11-,12+;10-,11+;;/m100../s1. The number of ether oxygens (including phenoxy) is 3. The number of nitrogens with one attached hydrogen (secondary N) is 4. The number of likely N-dealkylation sites (tertiary alicyclic amines) is 1. The lowest BCUT2D eigenvalue weighted by atomic mass is 9.70. The summed E-state index contributed by atoms with van der Waals surface area (Å²) in [5.41, 5.74) is -2.45. The molecular weight excluding hydrogens is 1360 g/mol. The highest BCUT2D eigenvalue weighted by Gasteiger charge is 2.60. The number of halogens is 12. The number of piperidine rings is 2. The van der Waals surface area contributed by atoms with Crippen LogP contribution in [0, 0.1) is 50.7 Å². The number of ketones is 2. The molecule has 14 nitrogen and oxygen atoms in total. The molecule has 2 saturated heterocycles. The number of rotatable bonds is 6. The number of carbonyl (C=O) groups excluding carboxylic acids is 5. The van der Waals surface area contributed by atoms with Crippen LogP contribution < -0.4 is 20.7 Å². The first-order valence-corrected chi connectivity index (χ1v) is 37.7. The van der Waals surface area contributed by atoms with Crippen LogP contribution in [0.25, 0.3) is 0 Å². The molecule has 1 aromatic carbocycles. The van der Waals surface area contributed by atoms with Gasteiger partial charge in [-0.2, -0.15) is 52.7 Å². The van der Waals surface area contributed by atoms with Crippen molar-refractivity contribution in [3.8, 4) is 0 Å². The second-order valence-corrected chi connectivity index (χ2v) is 35.6. The van der Waals surface area contributed by atoms with E-state index in [4.69, 9.17) is 14.2 Å². The summed E-state index contributed by atoms with van der Waals surface area (Å²) in [4.78, 5) is 61.1. The van der Waals surface area contributed by atoms with Crippen molar-refractivity contribution < 1.29 is 95.1 Å². The second kappa shape index (κ2) is 33.4. The Labute approximate surface area is 591 Å². The smallest absolute Gasteiger partial charge is 0.410 e. The lowest BCUT2D eigenvalue weighted by Gasteiger charge is -2.43. The number of alkyl carbamates (subject to hydrolysis) is 2. The second-order valence-electron chi connectivity index (χ2n) is 33.6. The highest BCUT2D eigenvalue weighted by molar-refractivity contribution is 7.84. The van der Waals surface area contributed by atoms with E-state index in [0.29, 0.717) is 70.5 Å². The summed E-state index contributed by atoms with van der Waals surface area (Å²) in [6.07, 6.45) is 3.17. The third-order valence-corrected chi connectivity index (χ3v) is 24.6. The van der Waals surface area contributed by atoms with Crippen LogP contribution in [0.15, 0.2) is 42.5 Å². The molecule has 11 rings (SSSR count). The largest absolute Gasteiger partial charge is 0.445 e. The summed E-state index contributed by atoms with van der Waals surface area (Å²) < 4.78 is 188. The first-order valence-electron chi connectivity index (χ1n) is 36.6. The molecule has 8 aliphatic carbocycles. The fourth-order valence-electron chi connectivity index (χ4n) is 17.5. The molecule has 101 heavy (non-hydrogen) atoms. The van der Waals surface area contributed by atoms with E-state index in [1.54, 1.807) is 73.3 Å². The Morgan fingerprint density at radius 2 is 0.931 bits per heavy atom. The number of nitrogens with zero attached hydrogens (tertiary/aromatic N) is 1. The molecule has 27 heteroatoms. The molecule has 2 heterocycles. The highest BCUT2D eigenvalue weighted by atomic mass is 32.2. The minimum atomic E-state index is -4.28. The average Bonchev–Trinajstić information content (AvgIpc) is 1.64. The van der Waals surface area contributed by atoms with E-state index in [2.05, 4.69) is 20.7 Å². The van der Waals surface area contributed by atoms with Crippen LogP contribution in [-0.2, 0) is 41.4 Å². The normalized spacial score (nSPS) is 27.8. The molecule has 1 aromatic rings. The SMILES string of the molecule is CC(C)(C)OC(=O)N[C@@H]1C[C@H](C(F)(F)F)CC12CCCCC2.CC(C)(C)OC(=O)N[C@@H]1C[C@H](C(F)(F)F)CC12CCNCC2.CC(C)(C)[S@@](=O)N[C@@H]1CC(C(F)(F)F)CC12CCN(C(=O)OCc1ccccc1)CC2.O=C1C=CCC12CCCCC2.O=C1CC(C(F)(F)F)CC12CCCCC2. The number of Topliss-reactive ketones (excluding diaryl/α,β-unsaturated/α-hetero) is 1. The van der Waals surface area contributed by atoms with Gasteiger partial charge in [0.1, 0.15) is 23.6 Å². The van der Waals surface area contributed by atoms with Crippen LogP contribution in [-0.4, -0.2) is 124 Å². The molecule has 8 atom stereocenters. The van der Waals surface area contributed by atoms with E-state index in [1.807, 2.05) is 36.4 Å². The van der Waals surface area contributed by atoms with Gasteiger partial charge in [-0.15, -0.1) is 0 Å². The van der Waals surface area contributed by atoms with Gasteiger partial charge in [0.15, 0.2) is 5.78 Å². The van der Waals surface area contributed by atoms with Gasteiger partial charge in [-0.1, -0.05) is 94.2 Å². The maximum Gasteiger partial charge on any atom is 0.410 e. The van der Waals surface area contributed by atoms with Crippen molar-refractivity contribution in [3.05, 3.63) is 48.0 Å². The Kier molecular flexibility index (Phi) is 27.7. The summed E-state index contributed by atoms with van der Waals surface area (Å²) >= 11 is 0. The lowest BCUT2D eigenvalue weighted by Crippen LogP contribution is -2.52. The predicted molar refractivity (Wildman–Crippen MR) is 361 cm³/mol. The molecule has 576 valence electrons. The predicted octanol–water partition coefficient (Wildman–Crippen LogP) is 18.8. The van der Waals surface area contributed by atoms with Gasteiger partial charge in [0, 0.05) is 48.5 Å². The zero-order valence-electron chi connectivity index (χ0n) is 60.5. The van der Waals surface area contributed by atoms with Gasteiger partial charge in [-0.05, 0) is 219 Å². The Hall–Kier alpha value is -4.66. The highest BCUT2D eigenvalue weighted by Crippen LogP contribution is 2.58. The Bertz CT molecular complexity index is 2870. The van der Waals surface area contributed by atoms with Gasteiger partial charge in [-0.3, -0.25) is 9.59 Å². The third-order valence-electron chi connectivity index (χ3n) is 23.0. The molecule has 3 amide bonds. The first kappa shape index (κ1) is 83.6. The minimum absolute atomic E-state index is 0.00239.